The number of allylic oxidation sites excluding steroid dienone is 4. The van der Waals surface area contributed by atoms with Crippen LogP contribution < -0.4 is 5.19 Å². The van der Waals surface area contributed by atoms with E-state index in [1.807, 2.05) is 0 Å². The molecular weight excluding hydrogens is 629 g/mol. The molecule has 0 N–H and O–H groups in total. The molecule has 254 valence electrons. The lowest BCUT2D eigenvalue weighted by molar-refractivity contribution is 0.261. The maximum atomic E-state index is 7.75. The van der Waals surface area contributed by atoms with Crippen LogP contribution in [0.2, 0.25) is 57.4 Å². The zero-order chi connectivity index (χ0) is 32.2. The molecule has 0 amide bonds. The number of rotatable bonds is 16. The van der Waals surface area contributed by atoms with Crippen LogP contribution >= 0.6 is 0 Å². The van der Waals surface area contributed by atoms with Crippen molar-refractivity contribution < 1.29 is 12.3 Å². The molecule has 7 rings (SSSR count). The Bertz CT molecular complexity index is 1210. The quantitative estimate of drug-likeness (QED) is 0.127. The number of benzene rings is 1. The van der Waals surface area contributed by atoms with Crippen LogP contribution in [-0.2, 0) is 12.3 Å². The van der Waals surface area contributed by atoms with Gasteiger partial charge in [-0.25, -0.2) is 0 Å². The third-order valence-electron chi connectivity index (χ3n) is 13.4. The second-order valence-electron chi connectivity index (χ2n) is 18.6. The second kappa shape index (κ2) is 13.3. The Kier molecular flexibility index (Phi) is 9.80. The molecule has 0 aromatic heterocycles. The minimum atomic E-state index is -3.20. The predicted molar refractivity (Wildman–Crippen MR) is 202 cm³/mol. The average molecular weight is 693 g/mol. The highest BCUT2D eigenvalue weighted by molar-refractivity contribution is 6.96. The Labute approximate surface area is 286 Å². The van der Waals surface area contributed by atoms with Gasteiger partial charge in [0.1, 0.15) is 0 Å². The first-order chi connectivity index (χ1) is 21.9. The van der Waals surface area contributed by atoms with Gasteiger partial charge in [0, 0.05) is 5.19 Å². The van der Waals surface area contributed by atoms with Crippen LogP contribution in [-0.4, -0.2) is 33.8 Å². The van der Waals surface area contributed by atoms with Crippen molar-refractivity contribution in [3.63, 3.8) is 0 Å². The fraction of sp³-hybridized carbons (Fsp3) is 0.744. The molecule has 0 heterocycles. The minimum Gasteiger partial charge on any atom is -0.413 e. The van der Waals surface area contributed by atoms with Crippen LogP contribution in [0.3, 0.4) is 0 Å². The molecule has 6 bridgehead atoms. The zero-order valence-corrected chi connectivity index (χ0v) is 34.0. The first kappa shape index (κ1) is 33.9. The second-order valence-corrected chi connectivity index (χ2v) is 34.8. The molecule has 4 fully saturated rings. The van der Waals surface area contributed by atoms with Gasteiger partial charge in [0.15, 0.2) is 25.0 Å². The number of hydrogen-bond donors (Lipinski definition) is 0. The van der Waals surface area contributed by atoms with E-state index in [4.69, 9.17) is 12.3 Å². The molecule has 9 unspecified atom stereocenters. The first-order valence-electron chi connectivity index (χ1n) is 19.4. The van der Waals surface area contributed by atoms with Crippen molar-refractivity contribution in [3.8, 4) is 0 Å². The molecule has 7 heteroatoms. The molecule has 0 saturated heterocycles. The molecule has 0 radical (unpaired) electrons. The van der Waals surface area contributed by atoms with E-state index in [0.29, 0.717) is 0 Å². The highest BCUT2D eigenvalue weighted by atomic mass is 28.5. The van der Waals surface area contributed by atoms with Crippen LogP contribution in [0.5, 0.6) is 0 Å². The Morgan fingerprint density at radius 2 is 1.04 bits per heavy atom. The standard InChI is InChI=1S/C39H64O3Si4/c1-43(2,21-18-36-27-30-12-15-33(36)24-30)40-46(39-10-8-7-9-11-39,41-44(3,4)22-19-37-28-31-13-16-34(37)25-31)42-45(5,6)23-20-38-29-32-14-17-35(38)26-32/h7-13,15-16,30-38H,14,17-29H2,1-6H3. The van der Waals surface area contributed by atoms with Crippen molar-refractivity contribution in [2.24, 2.45) is 53.3 Å². The lowest BCUT2D eigenvalue weighted by atomic mass is 9.87. The molecule has 46 heavy (non-hydrogen) atoms. The topological polar surface area (TPSA) is 27.7 Å². The molecule has 4 saturated carbocycles. The van der Waals surface area contributed by atoms with Gasteiger partial charge >= 0.3 is 8.80 Å². The summed E-state index contributed by atoms with van der Waals surface area (Å²) in [5.41, 5.74) is 0. The Morgan fingerprint density at radius 1 is 0.543 bits per heavy atom. The summed E-state index contributed by atoms with van der Waals surface area (Å²) >= 11 is 0. The van der Waals surface area contributed by atoms with Crippen LogP contribution in [0.25, 0.3) is 0 Å². The van der Waals surface area contributed by atoms with E-state index in [1.165, 1.54) is 93.9 Å². The highest BCUT2D eigenvalue weighted by Gasteiger charge is 2.55. The van der Waals surface area contributed by atoms with Crippen molar-refractivity contribution >= 4 is 38.9 Å². The molecule has 6 aliphatic carbocycles. The maximum absolute atomic E-state index is 7.75. The third-order valence-corrected chi connectivity index (χ3v) is 28.8. The molecule has 1 aromatic carbocycles. The molecule has 1 aromatic rings. The van der Waals surface area contributed by atoms with E-state index in [-0.39, 0.29) is 0 Å². The fourth-order valence-electron chi connectivity index (χ4n) is 10.9. The normalized spacial score (nSPS) is 35.9. The van der Waals surface area contributed by atoms with Gasteiger partial charge in [-0.15, -0.1) is 0 Å². The minimum absolute atomic E-state index is 0.808. The first-order valence-corrected chi connectivity index (χ1v) is 30.5. The van der Waals surface area contributed by atoms with E-state index in [1.54, 1.807) is 0 Å². The Morgan fingerprint density at radius 3 is 1.43 bits per heavy atom. The summed E-state index contributed by atoms with van der Waals surface area (Å²) < 4.78 is 23.2. The molecule has 9 atom stereocenters. The van der Waals surface area contributed by atoms with Crippen LogP contribution in [0.1, 0.15) is 70.6 Å². The van der Waals surface area contributed by atoms with Gasteiger partial charge in [0.05, 0.1) is 0 Å². The van der Waals surface area contributed by atoms with Gasteiger partial charge in [-0.05, 0) is 156 Å². The van der Waals surface area contributed by atoms with Gasteiger partial charge < -0.3 is 12.3 Å². The molecule has 0 spiro atoms. The fourth-order valence-corrected chi connectivity index (χ4v) is 27.7. The van der Waals surface area contributed by atoms with Crippen molar-refractivity contribution in [2.45, 2.75) is 128 Å². The molecule has 6 aliphatic rings. The van der Waals surface area contributed by atoms with Gasteiger partial charge in [0.25, 0.3) is 0 Å². The molecule has 3 nitrogen and oxygen atoms in total. The Hall–Kier alpha value is -0.552. The summed E-state index contributed by atoms with van der Waals surface area (Å²) in [5.74, 6) is 7.90. The largest absolute Gasteiger partial charge is 0.505 e. The lowest BCUT2D eigenvalue weighted by Crippen LogP contribution is -2.68. The monoisotopic (exact) mass is 692 g/mol. The van der Waals surface area contributed by atoms with Crippen molar-refractivity contribution in [2.75, 3.05) is 0 Å². The van der Waals surface area contributed by atoms with Crippen LogP contribution in [0.4, 0.5) is 0 Å². The van der Waals surface area contributed by atoms with E-state index in [2.05, 4.69) is 93.9 Å². The van der Waals surface area contributed by atoms with E-state index >= 15 is 0 Å². The summed E-state index contributed by atoms with van der Waals surface area (Å²) in [6, 6.07) is 14.8. The summed E-state index contributed by atoms with van der Waals surface area (Å²) in [6.07, 6.45) is 25.5. The highest BCUT2D eigenvalue weighted by Crippen LogP contribution is 2.51. The van der Waals surface area contributed by atoms with Gasteiger partial charge in [0.2, 0.25) is 0 Å². The van der Waals surface area contributed by atoms with Crippen LogP contribution in [0.15, 0.2) is 54.6 Å². The molecule has 0 aliphatic heterocycles. The zero-order valence-electron chi connectivity index (χ0n) is 30.0. The van der Waals surface area contributed by atoms with E-state index in [0.717, 1.165) is 53.3 Å². The summed E-state index contributed by atoms with van der Waals surface area (Å²) in [5, 5.41) is 1.22. The smallest absolute Gasteiger partial charge is 0.413 e. The maximum Gasteiger partial charge on any atom is 0.505 e. The van der Waals surface area contributed by atoms with Crippen molar-refractivity contribution in [1.82, 2.24) is 0 Å². The van der Waals surface area contributed by atoms with E-state index in [9.17, 15) is 0 Å². The van der Waals surface area contributed by atoms with Crippen molar-refractivity contribution in [3.05, 3.63) is 54.6 Å². The van der Waals surface area contributed by atoms with E-state index < -0.39 is 33.8 Å². The number of fused-ring (bicyclic) bond motifs is 6. The number of hydrogen-bond acceptors (Lipinski definition) is 3. The summed E-state index contributed by atoms with van der Waals surface area (Å²) in [4.78, 5) is 0. The van der Waals surface area contributed by atoms with Gasteiger partial charge in [-0.3, -0.25) is 0 Å². The third kappa shape index (κ3) is 7.76. The van der Waals surface area contributed by atoms with Crippen molar-refractivity contribution in [1.29, 1.82) is 0 Å². The average Bonchev–Trinajstić information content (AvgIpc) is 3.87. The van der Waals surface area contributed by atoms with Crippen LogP contribution in [0, 0.1) is 53.3 Å². The predicted octanol–water partition coefficient (Wildman–Crippen LogP) is 10.5. The van der Waals surface area contributed by atoms with Gasteiger partial charge in [-0.1, -0.05) is 80.3 Å². The lowest BCUT2D eigenvalue weighted by Gasteiger charge is -2.45. The SMILES string of the molecule is C[Si](C)(CCC1CC2C=CC1C2)O[Si](O[Si](C)(C)CCC1CC2C=CC1C2)(O[Si](C)(C)CCC1CC2CCC1C2)c1ccccc1. The summed E-state index contributed by atoms with van der Waals surface area (Å²) in [6.45, 7) is 14.9. The summed E-state index contributed by atoms with van der Waals surface area (Å²) in [7, 11) is -9.52. The van der Waals surface area contributed by atoms with Gasteiger partial charge in [-0.2, -0.15) is 0 Å². The Balaban J connectivity index is 1.12. The molecular formula is C39H64O3Si4.